The quantitative estimate of drug-likeness (QED) is 0.854. The van der Waals surface area contributed by atoms with Crippen LogP contribution in [-0.4, -0.2) is 20.4 Å². The van der Waals surface area contributed by atoms with Gasteiger partial charge in [-0.3, -0.25) is 5.32 Å². The lowest BCUT2D eigenvalue weighted by atomic mass is 9.85. The Morgan fingerprint density at radius 1 is 1.35 bits per heavy atom. The second-order valence-electron chi connectivity index (χ2n) is 5.51. The van der Waals surface area contributed by atoms with Gasteiger partial charge in [0.2, 0.25) is 0 Å². The van der Waals surface area contributed by atoms with Crippen molar-refractivity contribution in [1.29, 1.82) is 0 Å². The van der Waals surface area contributed by atoms with Gasteiger partial charge in [0.25, 0.3) is 0 Å². The molecular formula is C14H21NO2. The molecule has 0 saturated heterocycles. The molecule has 0 aliphatic carbocycles. The monoisotopic (exact) mass is 235 g/mol. The van der Waals surface area contributed by atoms with Gasteiger partial charge in [-0.05, 0) is 24.6 Å². The molecule has 0 amide bonds. The van der Waals surface area contributed by atoms with Gasteiger partial charge in [0.05, 0.1) is 7.11 Å². The molecule has 17 heavy (non-hydrogen) atoms. The predicted molar refractivity (Wildman–Crippen MR) is 68.9 cm³/mol. The van der Waals surface area contributed by atoms with E-state index in [1.165, 1.54) is 11.1 Å². The van der Waals surface area contributed by atoms with Crippen LogP contribution in [0.2, 0.25) is 0 Å². The fourth-order valence-corrected chi connectivity index (χ4v) is 2.17. The number of fused-ring (bicyclic) bond motifs is 1. The van der Waals surface area contributed by atoms with Crippen molar-refractivity contribution in [2.75, 3.05) is 14.2 Å². The van der Waals surface area contributed by atoms with Gasteiger partial charge in [-0.25, -0.2) is 0 Å². The first-order valence-corrected chi connectivity index (χ1v) is 6.01. The van der Waals surface area contributed by atoms with Crippen molar-refractivity contribution in [3.05, 3.63) is 23.3 Å². The molecule has 0 fully saturated rings. The molecule has 1 aromatic rings. The average molecular weight is 235 g/mol. The molecule has 1 aliphatic rings. The van der Waals surface area contributed by atoms with Crippen molar-refractivity contribution >= 4 is 0 Å². The summed E-state index contributed by atoms with van der Waals surface area (Å²) in [5.74, 6) is 1.94. The lowest BCUT2D eigenvalue weighted by Gasteiger charge is -2.23. The molecule has 0 spiro atoms. The van der Waals surface area contributed by atoms with Gasteiger partial charge in [-0.15, -0.1) is 0 Å². The summed E-state index contributed by atoms with van der Waals surface area (Å²) in [5, 5.41) is 3.16. The summed E-state index contributed by atoms with van der Waals surface area (Å²) in [6.45, 7) is 6.58. The van der Waals surface area contributed by atoms with Crippen LogP contribution in [0, 0.1) is 0 Å². The normalized spacial score (nSPS) is 18.8. The van der Waals surface area contributed by atoms with Gasteiger partial charge < -0.3 is 9.47 Å². The lowest BCUT2D eigenvalue weighted by molar-refractivity contribution is 0.200. The number of rotatable bonds is 2. The second-order valence-corrected chi connectivity index (χ2v) is 5.51. The van der Waals surface area contributed by atoms with E-state index in [-0.39, 0.29) is 11.6 Å². The first-order valence-electron chi connectivity index (χ1n) is 6.01. The Bertz CT molecular complexity index is 421. The maximum absolute atomic E-state index is 5.95. The number of hydrogen-bond acceptors (Lipinski definition) is 3. The van der Waals surface area contributed by atoms with E-state index in [9.17, 15) is 0 Å². The maximum Gasteiger partial charge on any atom is 0.154 e. The Balaban J connectivity index is 2.50. The molecule has 1 heterocycles. The molecule has 3 heteroatoms. The van der Waals surface area contributed by atoms with Gasteiger partial charge >= 0.3 is 0 Å². The molecule has 0 bridgehead atoms. The van der Waals surface area contributed by atoms with Gasteiger partial charge in [0.15, 0.2) is 6.23 Å². The van der Waals surface area contributed by atoms with Crippen LogP contribution in [-0.2, 0) is 11.8 Å². The molecule has 1 unspecified atom stereocenters. The standard InChI is InChI=1S/C14H21NO2/c1-14(2,3)11-8-10(16-5)6-9-7-12(15-4)17-13(9)11/h6,8,12,15H,7H2,1-5H3. The van der Waals surface area contributed by atoms with Crippen molar-refractivity contribution in [3.63, 3.8) is 0 Å². The molecule has 1 atom stereocenters. The summed E-state index contributed by atoms with van der Waals surface area (Å²) >= 11 is 0. The Labute approximate surface area is 103 Å². The highest BCUT2D eigenvalue weighted by Gasteiger charge is 2.29. The Morgan fingerprint density at radius 3 is 2.59 bits per heavy atom. The van der Waals surface area contributed by atoms with Crippen LogP contribution in [0.4, 0.5) is 0 Å². The number of methoxy groups -OCH3 is 1. The highest BCUT2D eigenvalue weighted by molar-refractivity contribution is 5.52. The fraction of sp³-hybridized carbons (Fsp3) is 0.571. The second kappa shape index (κ2) is 4.22. The summed E-state index contributed by atoms with van der Waals surface area (Å²) in [4.78, 5) is 0. The van der Waals surface area contributed by atoms with Gasteiger partial charge in [-0.1, -0.05) is 20.8 Å². The largest absolute Gasteiger partial charge is 0.497 e. The highest BCUT2D eigenvalue weighted by atomic mass is 16.5. The summed E-state index contributed by atoms with van der Waals surface area (Å²) < 4.78 is 11.3. The van der Waals surface area contributed by atoms with E-state index in [2.05, 4.69) is 38.2 Å². The minimum absolute atomic E-state index is 0.0568. The minimum atomic E-state index is 0.0568. The van der Waals surface area contributed by atoms with E-state index in [0.29, 0.717) is 0 Å². The van der Waals surface area contributed by atoms with E-state index >= 15 is 0 Å². The molecule has 1 aliphatic heterocycles. The maximum atomic E-state index is 5.95. The SMILES string of the molecule is CNC1Cc2cc(OC)cc(C(C)(C)C)c2O1. The van der Waals surface area contributed by atoms with E-state index < -0.39 is 0 Å². The van der Waals surface area contributed by atoms with Crippen LogP contribution in [0.3, 0.4) is 0 Å². The van der Waals surface area contributed by atoms with Crippen LogP contribution < -0.4 is 14.8 Å². The third-order valence-electron chi connectivity index (χ3n) is 3.17. The molecule has 0 aromatic heterocycles. The summed E-state index contributed by atoms with van der Waals surface area (Å²) in [7, 11) is 3.63. The van der Waals surface area contributed by atoms with Crippen molar-refractivity contribution in [1.82, 2.24) is 5.32 Å². The van der Waals surface area contributed by atoms with Crippen molar-refractivity contribution in [2.24, 2.45) is 0 Å². The molecule has 94 valence electrons. The zero-order chi connectivity index (χ0) is 12.6. The first-order chi connectivity index (χ1) is 7.95. The zero-order valence-electron chi connectivity index (χ0n) is 11.3. The highest BCUT2D eigenvalue weighted by Crippen LogP contribution is 2.41. The van der Waals surface area contributed by atoms with E-state index in [4.69, 9.17) is 9.47 Å². The first kappa shape index (κ1) is 12.2. The minimum Gasteiger partial charge on any atom is -0.497 e. The number of benzene rings is 1. The van der Waals surface area contributed by atoms with Gasteiger partial charge in [0.1, 0.15) is 11.5 Å². The zero-order valence-corrected chi connectivity index (χ0v) is 11.3. The van der Waals surface area contributed by atoms with Gasteiger partial charge in [-0.2, -0.15) is 0 Å². The number of hydrogen-bond donors (Lipinski definition) is 1. The Hall–Kier alpha value is -1.22. The summed E-state index contributed by atoms with van der Waals surface area (Å²) in [6.07, 6.45) is 0.977. The number of nitrogens with one attached hydrogen (secondary N) is 1. The van der Waals surface area contributed by atoms with E-state index in [0.717, 1.165) is 17.9 Å². The van der Waals surface area contributed by atoms with E-state index in [1.807, 2.05) is 7.05 Å². The topological polar surface area (TPSA) is 30.5 Å². The Kier molecular flexibility index (Phi) is 3.04. The van der Waals surface area contributed by atoms with Crippen LogP contribution in [0.1, 0.15) is 31.9 Å². The van der Waals surface area contributed by atoms with Crippen molar-refractivity contribution < 1.29 is 9.47 Å². The predicted octanol–water partition coefficient (Wildman–Crippen LogP) is 2.47. The number of ether oxygens (including phenoxy) is 2. The average Bonchev–Trinajstić information content (AvgIpc) is 2.68. The van der Waals surface area contributed by atoms with Crippen LogP contribution >= 0.6 is 0 Å². The fourth-order valence-electron chi connectivity index (χ4n) is 2.17. The summed E-state index contributed by atoms with van der Waals surface area (Å²) in [5.41, 5.74) is 2.50. The van der Waals surface area contributed by atoms with Crippen LogP contribution in [0.25, 0.3) is 0 Å². The lowest BCUT2D eigenvalue weighted by Crippen LogP contribution is -2.29. The molecule has 3 nitrogen and oxygen atoms in total. The molecule has 0 radical (unpaired) electrons. The smallest absolute Gasteiger partial charge is 0.154 e. The third-order valence-corrected chi connectivity index (χ3v) is 3.17. The molecule has 0 saturated carbocycles. The van der Waals surface area contributed by atoms with Crippen molar-refractivity contribution in [2.45, 2.75) is 38.8 Å². The van der Waals surface area contributed by atoms with Crippen molar-refractivity contribution in [3.8, 4) is 11.5 Å². The van der Waals surface area contributed by atoms with Crippen LogP contribution in [0.15, 0.2) is 12.1 Å². The van der Waals surface area contributed by atoms with Crippen LogP contribution in [0.5, 0.6) is 11.5 Å². The molecule has 2 rings (SSSR count). The Morgan fingerprint density at radius 2 is 2.06 bits per heavy atom. The van der Waals surface area contributed by atoms with Gasteiger partial charge in [0, 0.05) is 17.5 Å². The third kappa shape index (κ3) is 2.25. The van der Waals surface area contributed by atoms with E-state index in [1.54, 1.807) is 7.11 Å². The molecule has 1 aromatic carbocycles. The molecular weight excluding hydrogens is 214 g/mol. The summed E-state index contributed by atoms with van der Waals surface area (Å²) in [6, 6.07) is 4.15. The number of likely N-dealkylation sites (N-methyl/N-ethyl adjacent to an activating group) is 1. The molecule has 1 N–H and O–H groups in total.